The van der Waals surface area contributed by atoms with E-state index in [0.717, 1.165) is 44.9 Å². The number of methoxy groups -OCH3 is 1. The molecule has 1 unspecified atom stereocenters. The van der Waals surface area contributed by atoms with E-state index in [1.807, 2.05) is 0 Å². The van der Waals surface area contributed by atoms with Crippen molar-refractivity contribution < 1.29 is 9.53 Å². The lowest BCUT2D eigenvalue weighted by molar-refractivity contribution is -0.143. The predicted molar refractivity (Wildman–Crippen MR) is 87.3 cm³/mol. The first-order valence-corrected chi connectivity index (χ1v) is 8.42. The summed E-state index contributed by atoms with van der Waals surface area (Å²) in [6.45, 7) is 13.3. The molecule has 0 aromatic heterocycles. The van der Waals surface area contributed by atoms with Gasteiger partial charge in [-0.1, -0.05) is 27.7 Å². The second kappa shape index (κ2) is 8.74. The highest BCUT2D eigenvalue weighted by atomic mass is 16.5. The molecule has 0 aliphatic carbocycles. The van der Waals surface area contributed by atoms with Gasteiger partial charge in [0.2, 0.25) is 0 Å². The van der Waals surface area contributed by atoms with Gasteiger partial charge in [0.1, 0.15) is 6.04 Å². The van der Waals surface area contributed by atoms with Gasteiger partial charge in [-0.2, -0.15) is 0 Å². The van der Waals surface area contributed by atoms with Crippen molar-refractivity contribution >= 4 is 5.97 Å². The SMILES string of the molecule is CCCNC(CCN1CCC(C(C)(C)C)CC1)C(=O)OC. The van der Waals surface area contributed by atoms with E-state index in [4.69, 9.17) is 4.74 Å². The fraction of sp³-hybridized carbons (Fsp3) is 0.941. The van der Waals surface area contributed by atoms with Crippen molar-refractivity contribution in [3.63, 3.8) is 0 Å². The van der Waals surface area contributed by atoms with Gasteiger partial charge < -0.3 is 15.0 Å². The van der Waals surface area contributed by atoms with Crippen molar-refractivity contribution in [1.29, 1.82) is 0 Å². The maximum Gasteiger partial charge on any atom is 0.322 e. The van der Waals surface area contributed by atoms with Crippen LogP contribution in [0.5, 0.6) is 0 Å². The number of rotatable bonds is 7. The molecule has 124 valence electrons. The number of ether oxygens (including phenoxy) is 1. The third-order valence-corrected chi connectivity index (χ3v) is 4.67. The smallest absolute Gasteiger partial charge is 0.322 e. The zero-order valence-corrected chi connectivity index (χ0v) is 14.6. The first kappa shape index (κ1) is 18.4. The lowest BCUT2D eigenvalue weighted by Gasteiger charge is -2.39. The average molecular weight is 298 g/mol. The number of likely N-dealkylation sites (tertiary alicyclic amines) is 1. The number of nitrogens with one attached hydrogen (secondary N) is 1. The van der Waals surface area contributed by atoms with Crippen LogP contribution in [0.15, 0.2) is 0 Å². The lowest BCUT2D eigenvalue weighted by Crippen LogP contribution is -2.43. The Morgan fingerprint density at radius 3 is 2.43 bits per heavy atom. The number of esters is 1. The number of nitrogens with zero attached hydrogens (tertiary/aromatic N) is 1. The molecule has 1 saturated heterocycles. The number of carbonyl (C=O) groups excluding carboxylic acids is 1. The first-order valence-electron chi connectivity index (χ1n) is 8.42. The van der Waals surface area contributed by atoms with Crippen LogP contribution in [0.25, 0.3) is 0 Å². The summed E-state index contributed by atoms with van der Waals surface area (Å²) in [5.41, 5.74) is 0.420. The van der Waals surface area contributed by atoms with Crippen LogP contribution in [-0.4, -0.2) is 50.2 Å². The van der Waals surface area contributed by atoms with Gasteiger partial charge in [-0.05, 0) is 56.7 Å². The van der Waals surface area contributed by atoms with Crippen LogP contribution in [-0.2, 0) is 9.53 Å². The second-order valence-electron chi connectivity index (χ2n) is 7.30. The Morgan fingerprint density at radius 1 is 1.33 bits per heavy atom. The summed E-state index contributed by atoms with van der Waals surface area (Å²) in [4.78, 5) is 14.3. The molecule has 0 spiro atoms. The maximum atomic E-state index is 11.8. The van der Waals surface area contributed by atoms with Gasteiger partial charge >= 0.3 is 5.97 Å². The Balaban J connectivity index is 2.35. The molecule has 0 radical (unpaired) electrons. The molecule has 1 aliphatic heterocycles. The molecule has 1 heterocycles. The highest BCUT2D eigenvalue weighted by molar-refractivity contribution is 5.75. The molecule has 0 aromatic carbocycles. The molecule has 1 N–H and O–H groups in total. The lowest BCUT2D eigenvalue weighted by atomic mass is 9.75. The van der Waals surface area contributed by atoms with Crippen molar-refractivity contribution in [1.82, 2.24) is 10.2 Å². The van der Waals surface area contributed by atoms with Crippen molar-refractivity contribution in [3.8, 4) is 0 Å². The van der Waals surface area contributed by atoms with Gasteiger partial charge in [-0.25, -0.2) is 0 Å². The Labute approximate surface area is 130 Å². The summed E-state index contributed by atoms with van der Waals surface area (Å²) in [5, 5.41) is 3.29. The number of piperidine rings is 1. The first-order chi connectivity index (χ1) is 9.88. The molecule has 1 aliphatic rings. The zero-order chi connectivity index (χ0) is 15.9. The molecule has 0 amide bonds. The molecular weight excluding hydrogens is 264 g/mol. The van der Waals surface area contributed by atoms with Crippen molar-refractivity contribution in [2.45, 2.75) is 59.4 Å². The number of hydrogen-bond donors (Lipinski definition) is 1. The zero-order valence-electron chi connectivity index (χ0n) is 14.6. The van der Waals surface area contributed by atoms with E-state index in [1.165, 1.54) is 20.0 Å². The minimum Gasteiger partial charge on any atom is -0.468 e. The van der Waals surface area contributed by atoms with Gasteiger partial charge in [0.15, 0.2) is 0 Å². The van der Waals surface area contributed by atoms with Crippen LogP contribution in [0.2, 0.25) is 0 Å². The largest absolute Gasteiger partial charge is 0.468 e. The molecule has 1 fully saturated rings. The highest BCUT2D eigenvalue weighted by Crippen LogP contribution is 2.34. The fourth-order valence-corrected chi connectivity index (χ4v) is 3.10. The molecular formula is C17H34N2O2. The van der Waals surface area contributed by atoms with Crippen molar-refractivity contribution in [2.75, 3.05) is 33.3 Å². The summed E-state index contributed by atoms with van der Waals surface area (Å²) >= 11 is 0. The minimum atomic E-state index is -0.157. The van der Waals surface area contributed by atoms with E-state index < -0.39 is 0 Å². The Kier molecular flexibility index (Phi) is 7.67. The van der Waals surface area contributed by atoms with Gasteiger partial charge in [0.05, 0.1) is 7.11 Å². The Hall–Kier alpha value is -0.610. The maximum absolute atomic E-state index is 11.8. The third kappa shape index (κ3) is 6.35. The summed E-state index contributed by atoms with van der Waals surface area (Å²) in [7, 11) is 1.47. The van der Waals surface area contributed by atoms with Gasteiger partial charge in [-0.3, -0.25) is 4.79 Å². The van der Waals surface area contributed by atoms with E-state index >= 15 is 0 Å². The monoisotopic (exact) mass is 298 g/mol. The molecule has 1 rings (SSSR count). The molecule has 4 heteroatoms. The molecule has 4 nitrogen and oxygen atoms in total. The Morgan fingerprint density at radius 2 is 1.95 bits per heavy atom. The van der Waals surface area contributed by atoms with Crippen LogP contribution in [0.1, 0.15) is 53.4 Å². The summed E-state index contributed by atoms with van der Waals surface area (Å²) in [5.74, 6) is 0.691. The number of carbonyl (C=O) groups is 1. The van der Waals surface area contributed by atoms with Crippen molar-refractivity contribution in [2.24, 2.45) is 11.3 Å². The summed E-state index contributed by atoms with van der Waals surface area (Å²) < 4.78 is 4.89. The van der Waals surface area contributed by atoms with E-state index in [9.17, 15) is 4.79 Å². The van der Waals surface area contributed by atoms with Crippen LogP contribution in [0, 0.1) is 11.3 Å². The highest BCUT2D eigenvalue weighted by Gasteiger charge is 2.29. The molecule has 0 aromatic rings. The van der Waals surface area contributed by atoms with Crippen LogP contribution in [0.3, 0.4) is 0 Å². The van der Waals surface area contributed by atoms with E-state index in [2.05, 4.69) is 37.9 Å². The van der Waals surface area contributed by atoms with Crippen LogP contribution >= 0.6 is 0 Å². The molecule has 0 bridgehead atoms. The summed E-state index contributed by atoms with van der Waals surface area (Å²) in [6, 6.07) is -0.157. The van der Waals surface area contributed by atoms with E-state index in [1.54, 1.807) is 0 Å². The van der Waals surface area contributed by atoms with Gasteiger partial charge in [-0.15, -0.1) is 0 Å². The average Bonchev–Trinajstić information content (AvgIpc) is 2.46. The van der Waals surface area contributed by atoms with E-state index in [0.29, 0.717) is 5.41 Å². The predicted octanol–water partition coefficient (Wildman–Crippen LogP) is 2.68. The van der Waals surface area contributed by atoms with E-state index in [-0.39, 0.29) is 12.0 Å². The van der Waals surface area contributed by atoms with Crippen molar-refractivity contribution in [3.05, 3.63) is 0 Å². The molecule has 0 saturated carbocycles. The number of hydrogen-bond acceptors (Lipinski definition) is 4. The molecule has 1 atom stereocenters. The third-order valence-electron chi connectivity index (χ3n) is 4.67. The van der Waals surface area contributed by atoms with Gasteiger partial charge in [0, 0.05) is 6.54 Å². The normalized spacial score (nSPS) is 19.5. The van der Waals surface area contributed by atoms with Crippen LogP contribution < -0.4 is 5.32 Å². The fourth-order valence-electron chi connectivity index (χ4n) is 3.10. The Bertz CT molecular complexity index is 304. The summed E-state index contributed by atoms with van der Waals surface area (Å²) in [6.07, 6.45) is 4.42. The molecule has 21 heavy (non-hydrogen) atoms. The standard InChI is InChI=1S/C17H34N2O2/c1-6-10-18-15(16(20)21-5)9-13-19-11-7-14(8-12-19)17(2,3)4/h14-15,18H,6-13H2,1-5H3. The quantitative estimate of drug-likeness (QED) is 0.734. The second-order valence-corrected chi connectivity index (χ2v) is 7.30. The van der Waals surface area contributed by atoms with Crippen LogP contribution in [0.4, 0.5) is 0 Å². The minimum absolute atomic E-state index is 0.131. The van der Waals surface area contributed by atoms with Gasteiger partial charge in [0.25, 0.3) is 0 Å². The topological polar surface area (TPSA) is 41.6 Å².